The Morgan fingerprint density at radius 1 is 1.16 bits per heavy atom. The molecular formula is C18H19BrClN3OS. The molecule has 0 unspecified atom stereocenters. The lowest BCUT2D eigenvalue weighted by molar-refractivity contribution is -0.131. The molecule has 7 heteroatoms. The van der Waals surface area contributed by atoms with E-state index >= 15 is 0 Å². The van der Waals surface area contributed by atoms with E-state index in [0.29, 0.717) is 11.4 Å². The summed E-state index contributed by atoms with van der Waals surface area (Å²) < 4.78 is 1.08. The lowest BCUT2D eigenvalue weighted by atomic mass is 10.3. The molecule has 4 nitrogen and oxygen atoms in total. The van der Waals surface area contributed by atoms with Gasteiger partial charge in [0.1, 0.15) is 5.82 Å². The first-order chi connectivity index (χ1) is 12.1. The molecule has 0 N–H and O–H groups in total. The number of halogens is 2. The van der Waals surface area contributed by atoms with Crippen molar-refractivity contribution in [3.05, 3.63) is 52.1 Å². The van der Waals surface area contributed by atoms with Gasteiger partial charge >= 0.3 is 0 Å². The molecule has 0 saturated carbocycles. The van der Waals surface area contributed by atoms with Gasteiger partial charge < -0.3 is 9.80 Å². The average molecular weight is 441 g/mol. The van der Waals surface area contributed by atoms with E-state index in [1.54, 1.807) is 18.0 Å². The van der Waals surface area contributed by atoms with Crippen LogP contribution in [-0.4, -0.2) is 47.7 Å². The van der Waals surface area contributed by atoms with Crippen molar-refractivity contribution in [3.8, 4) is 0 Å². The minimum absolute atomic E-state index is 0.225. The van der Waals surface area contributed by atoms with Crippen LogP contribution in [0.5, 0.6) is 0 Å². The molecule has 1 aromatic carbocycles. The van der Waals surface area contributed by atoms with Crippen molar-refractivity contribution in [3.63, 3.8) is 0 Å². The van der Waals surface area contributed by atoms with Crippen molar-refractivity contribution in [2.24, 2.45) is 0 Å². The van der Waals surface area contributed by atoms with E-state index in [1.165, 1.54) is 4.90 Å². The highest BCUT2D eigenvalue weighted by Crippen LogP contribution is 2.27. The Balaban J connectivity index is 1.44. The van der Waals surface area contributed by atoms with Crippen LogP contribution in [0.4, 0.5) is 5.82 Å². The van der Waals surface area contributed by atoms with E-state index in [1.807, 2.05) is 35.2 Å². The van der Waals surface area contributed by atoms with E-state index < -0.39 is 0 Å². The molecule has 1 aromatic heterocycles. The Morgan fingerprint density at radius 3 is 2.60 bits per heavy atom. The number of pyridine rings is 1. The molecule has 1 amide bonds. The summed E-state index contributed by atoms with van der Waals surface area (Å²) in [6.07, 6.45) is 2.22. The average Bonchev–Trinajstić information content (AvgIpc) is 2.64. The summed E-state index contributed by atoms with van der Waals surface area (Å²) in [5, 5.41) is 0.639. The van der Waals surface area contributed by atoms with Crippen molar-refractivity contribution in [2.45, 2.75) is 11.3 Å². The molecule has 2 aromatic rings. The second-order valence-corrected chi connectivity index (χ2v) is 8.16. The third-order valence-corrected chi connectivity index (χ3v) is 6.33. The van der Waals surface area contributed by atoms with Gasteiger partial charge in [-0.3, -0.25) is 4.79 Å². The SMILES string of the molecule is O=C(CCSc1ccccc1Br)N1CCN(c2ccc(Cl)cn2)CC1. The number of aromatic nitrogens is 1. The highest BCUT2D eigenvalue weighted by molar-refractivity contribution is 9.10. The number of carbonyl (C=O) groups is 1. The number of benzene rings is 1. The van der Waals surface area contributed by atoms with Gasteiger partial charge in [-0.1, -0.05) is 23.7 Å². The zero-order chi connectivity index (χ0) is 17.6. The first-order valence-electron chi connectivity index (χ1n) is 8.15. The summed E-state index contributed by atoms with van der Waals surface area (Å²) in [5.41, 5.74) is 0. The van der Waals surface area contributed by atoms with E-state index in [2.05, 4.69) is 31.9 Å². The largest absolute Gasteiger partial charge is 0.353 e. The van der Waals surface area contributed by atoms with Gasteiger partial charge in [0.05, 0.1) is 5.02 Å². The fourth-order valence-electron chi connectivity index (χ4n) is 2.71. The van der Waals surface area contributed by atoms with Crippen molar-refractivity contribution >= 4 is 51.0 Å². The Labute approximate surface area is 165 Å². The van der Waals surface area contributed by atoms with E-state index in [-0.39, 0.29) is 5.91 Å². The van der Waals surface area contributed by atoms with Crippen LogP contribution in [0.15, 0.2) is 52.0 Å². The number of thioether (sulfide) groups is 1. The molecule has 0 aliphatic carbocycles. The third kappa shape index (κ3) is 5.12. The Bertz CT molecular complexity index is 721. The third-order valence-electron chi connectivity index (χ3n) is 4.08. The predicted molar refractivity (Wildman–Crippen MR) is 108 cm³/mol. The molecule has 2 heterocycles. The van der Waals surface area contributed by atoms with Gasteiger partial charge in [-0.25, -0.2) is 4.98 Å². The number of hydrogen-bond acceptors (Lipinski definition) is 4. The summed E-state index contributed by atoms with van der Waals surface area (Å²) in [6.45, 7) is 3.08. The van der Waals surface area contributed by atoms with Crippen LogP contribution >= 0.6 is 39.3 Å². The maximum Gasteiger partial charge on any atom is 0.223 e. The number of anilines is 1. The first kappa shape index (κ1) is 18.5. The van der Waals surface area contributed by atoms with Crippen LogP contribution < -0.4 is 4.90 Å². The second-order valence-electron chi connectivity index (χ2n) is 5.73. The Hall–Kier alpha value is -1.24. The van der Waals surface area contributed by atoms with Gasteiger partial charge in [0.15, 0.2) is 0 Å². The second kappa shape index (κ2) is 8.92. The monoisotopic (exact) mass is 439 g/mol. The summed E-state index contributed by atoms with van der Waals surface area (Å²) in [4.78, 5) is 22.1. The number of hydrogen-bond donors (Lipinski definition) is 0. The minimum Gasteiger partial charge on any atom is -0.353 e. The zero-order valence-electron chi connectivity index (χ0n) is 13.7. The van der Waals surface area contributed by atoms with Crippen molar-refractivity contribution in [2.75, 3.05) is 36.8 Å². The van der Waals surface area contributed by atoms with Gasteiger partial charge in [0.2, 0.25) is 5.91 Å². The lowest BCUT2D eigenvalue weighted by Gasteiger charge is -2.35. The van der Waals surface area contributed by atoms with Gasteiger partial charge in [-0.2, -0.15) is 0 Å². The molecule has 0 bridgehead atoms. The zero-order valence-corrected chi connectivity index (χ0v) is 16.9. The molecule has 132 valence electrons. The van der Waals surface area contributed by atoms with E-state index in [0.717, 1.165) is 42.2 Å². The summed E-state index contributed by atoms with van der Waals surface area (Å²) in [6, 6.07) is 11.9. The highest BCUT2D eigenvalue weighted by atomic mass is 79.9. The van der Waals surface area contributed by atoms with Crippen LogP contribution in [0.1, 0.15) is 6.42 Å². The van der Waals surface area contributed by atoms with E-state index in [9.17, 15) is 4.79 Å². The molecule has 1 fully saturated rings. The maximum atomic E-state index is 12.4. The topological polar surface area (TPSA) is 36.4 Å². The maximum absolute atomic E-state index is 12.4. The molecule has 1 aliphatic heterocycles. The molecule has 0 atom stereocenters. The smallest absolute Gasteiger partial charge is 0.223 e. The van der Waals surface area contributed by atoms with Crippen LogP contribution in [0.2, 0.25) is 5.02 Å². The standard InChI is InChI=1S/C18H19BrClN3OS/c19-15-3-1-2-4-16(15)25-12-7-18(24)23-10-8-22(9-11-23)17-6-5-14(20)13-21-17/h1-6,13H,7-12H2. The molecule has 1 saturated heterocycles. The number of nitrogens with zero attached hydrogens (tertiary/aromatic N) is 3. The van der Waals surface area contributed by atoms with Crippen LogP contribution in [0, 0.1) is 0 Å². The quantitative estimate of drug-likeness (QED) is 0.649. The van der Waals surface area contributed by atoms with Gasteiger partial charge in [-0.15, -0.1) is 11.8 Å². The number of carbonyl (C=O) groups excluding carboxylic acids is 1. The summed E-state index contributed by atoms with van der Waals surface area (Å²) in [7, 11) is 0. The fraction of sp³-hybridized carbons (Fsp3) is 0.333. The Kier molecular flexibility index (Phi) is 6.62. The van der Waals surface area contributed by atoms with Gasteiger partial charge in [0, 0.05) is 53.9 Å². The molecule has 0 spiro atoms. The minimum atomic E-state index is 0.225. The summed E-state index contributed by atoms with van der Waals surface area (Å²) >= 11 is 11.1. The van der Waals surface area contributed by atoms with E-state index in [4.69, 9.17) is 11.6 Å². The lowest BCUT2D eigenvalue weighted by Crippen LogP contribution is -2.49. The fourth-order valence-corrected chi connectivity index (χ4v) is 4.33. The number of rotatable bonds is 5. The van der Waals surface area contributed by atoms with Crippen molar-refractivity contribution < 1.29 is 4.79 Å². The number of amides is 1. The van der Waals surface area contributed by atoms with Crippen molar-refractivity contribution in [1.82, 2.24) is 9.88 Å². The highest BCUT2D eigenvalue weighted by Gasteiger charge is 2.21. The van der Waals surface area contributed by atoms with Crippen LogP contribution in [0.25, 0.3) is 0 Å². The van der Waals surface area contributed by atoms with Gasteiger partial charge in [-0.05, 0) is 40.2 Å². The molecular weight excluding hydrogens is 422 g/mol. The molecule has 25 heavy (non-hydrogen) atoms. The van der Waals surface area contributed by atoms with Gasteiger partial charge in [0.25, 0.3) is 0 Å². The molecule has 0 radical (unpaired) electrons. The first-order valence-corrected chi connectivity index (χ1v) is 10.3. The molecule has 1 aliphatic rings. The van der Waals surface area contributed by atoms with Crippen LogP contribution in [0.3, 0.4) is 0 Å². The normalized spacial score (nSPS) is 14.6. The molecule has 3 rings (SSSR count). The predicted octanol–water partition coefficient (Wildman–Crippen LogP) is 4.33. The summed E-state index contributed by atoms with van der Waals surface area (Å²) in [5.74, 6) is 1.93. The van der Waals surface area contributed by atoms with Crippen LogP contribution in [-0.2, 0) is 4.79 Å². The Morgan fingerprint density at radius 2 is 1.92 bits per heavy atom. The number of piperazine rings is 1. The van der Waals surface area contributed by atoms with Crippen molar-refractivity contribution in [1.29, 1.82) is 0 Å².